The second-order valence-electron chi connectivity index (χ2n) is 5.17. The molecule has 0 aliphatic carbocycles. The van der Waals surface area contributed by atoms with E-state index in [4.69, 9.17) is 4.74 Å². The third-order valence-corrected chi connectivity index (χ3v) is 3.40. The molecule has 0 radical (unpaired) electrons. The van der Waals surface area contributed by atoms with Gasteiger partial charge >= 0.3 is 6.03 Å². The molecule has 0 unspecified atom stereocenters. The highest BCUT2D eigenvalue weighted by molar-refractivity contribution is 5.90. The molecule has 6 heteroatoms. The summed E-state index contributed by atoms with van der Waals surface area (Å²) < 4.78 is 19.1. The van der Waals surface area contributed by atoms with Crippen molar-refractivity contribution in [2.24, 2.45) is 0 Å². The molecule has 5 nitrogen and oxygen atoms in total. The molecule has 22 heavy (non-hydrogen) atoms. The van der Waals surface area contributed by atoms with Crippen LogP contribution in [0.3, 0.4) is 0 Å². The molecule has 0 saturated carbocycles. The first-order valence-corrected chi connectivity index (χ1v) is 7.02. The minimum Gasteiger partial charge on any atom is -0.471 e. The van der Waals surface area contributed by atoms with Crippen LogP contribution in [0.25, 0.3) is 0 Å². The van der Waals surface area contributed by atoms with Crippen LogP contribution in [-0.2, 0) is 0 Å². The lowest BCUT2D eigenvalue weighted by Gasteiger charge is -2.38. The molecular formula is C16H16FN3O2. The molecule has 1 aromatic carbocycles. The number of amides is 2. The van der Waals surface area contributed by atoms with Gasteiger partial charge in [-0.2, -0.15) is 0 Å². The van der Waals surface area contributed by atoms with Crippen LogP contribution < -0.4 is 10.1 Å². The first-order chi connectivity index (χ1) is 10.6. The number of nitrogens with one attached hydrogen (secondary N) is 1. The summed E-state index contributed by atoms with van der Waals surface area (Å²) in [5.41, 5.74) is 1.06. The zero-order valence-corrected chi connectivity index (χ0v) is 12.1. The normalized spacial score (nSPS) is 14.4. The van der Waals surface area contributed by atoms with Crippen LogP contribution in [0.4, 0.5) is 14.9 Å². The Morgan fingerprint density at radius 1 is 1.27 bits per heavy atom. The van der Waals surface area contributed by atoms with Crippen molar-refractivity contribution in [2.75, 3.05) is 18.4 Å². The highest BCUT2D eigenvalue weighted by Gasteiger charge is 2.32. The van der Waals surface area contributed by atoms with Gasteiger partial charge < -0.3 is 15.0 Å². The molecule has 1 N–H and O–H groups in total. The number of hydrogen-bond donors (Lipinski definition) is 1. The standard InChI is InChI=1S/C16H16FN3O2/c1-11-5-4-8-15(18-11)22-12-9-20(10-12)16(21)19-14-7-3-2-6-13(14)17/h2-8,12H,9-10H2,1H3,(H,19,21). The van der Waals surface area contributed by atoms with Crippen LogP contribution >= 0.6 is 0 Å². The van der Waals surface area contributed by atoms with E-state index in [0.717, 1.165) is 5.69 Å². The fraction of sp³-hybridized carbons (Fsp3) is 0.250. The number of aromatic nitrogens is 1. The van der Waals surface area contributed by atoms with Crippen molar-refractivity contribution in [3.63, 3.8) is 0 Å². The van der Waals surface area contributed by atoms with Crippen molar-refractivity contribution in [3.05, 3.63) is 54.0 Å². The lowest BCUT2D eigenvalue weighted by molar-refractivity contribution is 0.0460. The number of urea groups is 1. The number of halogens is 1. The molecule has 2 heterocycles. The number of likely N-dealkylation sites (tertiary alicyclic amines) is 1. The topological polar surface area (TPSA) is 54.5 Å². The van der Waals surface area contributed by atoms with Crippen molar-refractivity contribution < 1.29 is 13.9 Å². The van der Waals surface area contributed by atoms with Gasteiger partial charge in [0.25, 0.3) is 0 Å². The molecule has 1 fully saturated rings. The fourth-order valence-corrected chi connectivity index (χ4v) is 2.19. The Morgan fingerprint density at radius 3 is 2.77 bits per heavy atom. The van der Waals surface area contributed by atoms with E-state index in [-0.39, 0.29) is 17.8 Å². The maximum absolute atomic E-state index is 13.5. The monoisotopic (exact) mass is 301 g/mol. The molecule has 2 amide bonds. The summed E-state index contributed by atoms with van der Waals surface area (Å²) >= 11 is 0. The lowest BCUT2D eigenvalue weighted by Crippen LogP contribution is -2.57. The summed E-state index contributed by atoms with van der Waals surface area (Å²) in [7, 11) is 0. The summed E-state index contributed by atoms with van der Waals surface area (Å²) in [5.74, 6) is 0.104. The quantitative estimate of drug-likeness (QED) is 0.948. The summed E-state index contributed by atoms with van der Waals surface area (Å²) in [5, 5.41) is 2.55. The van der Waals surface area contributed by atoms with E-state index in [1.54, 1.807) is 23.1 Å². The van der Waals surface area contributed by atoms with Gasteiger partial charge in [0.2, 0.25) is 5.88 Å². The summed E-state index contributed by atoms with van der Waals surface area (Å²) in [6.45, 7) is 2.80. The summed E-state index contributed by atoms with van der Waals surface area (Å²) in [6, 6.07) is 11.3. The number of rotatable bonds is 3. The Hall–Kier alpha value is -2.63. The van der Waals surface area contributed by atoms with Crippen LogP contribution in [-0.4, -0.2) is 35.1 Å². The van der Waals surface area contributed by atoms with E-state index in [1.807, 2.05) is 19.1 Å². The number of carbonyl (C=O) groups is 1. The molecule has 1 aliphatic heterocycles. The third kappa shape index (κ3) is 3.16. The number of para-hydroxylation sites is 1. The predicted octanol–water partition coefficient (Wildman–Crippen LogP) is 2.82. The Balaban J connectivity index is 1.51. The van der Waals surface area contributed by atoms with Gasteiger partial charge in [0.15, 0.2) is 0 Å². The Morgan fingerprint density at radius 2 is 2.05 bits per heavy atom. The van der Waals surface area contributed by atoms with E-state index in [2.05, 4.69) is 10.3 Å². The molecule has 3 rings (SSSR count). The van der Waals surface area contributed by atoms with Gasteiger partial charge in [-0.3, -0.25) is 0 Å². The maximum Gasteiger partial charge on any atom is 0.322 e. The zero-order chi connectivity index (χ0) is 15.5. The average molecular weight is 301 g/mol. The fourth-order valence-electron chi connectivity index (χ4n) is 2.19. The third-order valence-electron chi connectivity index (χ3n) is 3.40. The smallest absolute Gasteiger partial charge is 0.322 e. The largest absolute Gasteiger partial charge is 0.471 e. The van der Waals surface area contributed by atoms with E-state index >= 15 is 0 Å². The first kappa shape index (κ1) is 14.3. The first-order valence-electron chi connectivity index (χ1n) is 7.02. The lowest BCUT2D eigenvalue weighted by atomic mass is 10.2. The van der Waals surface area contributed by atoms with Crippen molar-refractivity contribution in [1.29, 1.82) is 0 Å². The molecule has 1 aromatic heterocycles. The van der Waals surface area contributed by atoms with E-state index in [1.165, 1.54) is 12.1 Å². The van der Waals surface area contributed by atoms with Crippen LogP contribution in [0.2, 0.25) is 0 Å². The SMILES string of the molecule is Cc1cccc(OC2CN(C(=O)Nc3ccccc3F)C2)n1. The molecule has 0 atom stereocenters. The van der Waals surface area contributed by atoms with E-state index in [0.29, 0.717) is 19.0 Å². The number of nitrogens with zero attached hydrogens (tertiary/aromatic N) is 2. The van der Waals surface area contributed by atoms with Gasteiger partial charge in [-0.25, -0.2) is 14.2 Å². The molecule has 1 aliphatic rings. The summed E-state index contributed by atoms with van der Waals surface area (Å²) in [6.07, 6.45) is -0.0827. The number of carbonyl (C=O) groups excluding carboxylic acids is 1. The van der Waals surface area contributed by atoms with Crippen molar-refractivity contribution >= 4 is 11.7 Å². The highest BCUT2D eigenvalue weighted by atomic mass is 19.1. The number of ether oxygens (including phenoxy) is 1. The Labute approximate surface area is 127 Å². The van der Waals surface area contributed by atoms with Crippen molar-refractivity contribution in [3.8, 4) is 5.88 Å². The summed E-state index contributed by atoms with van der Waals surface area (Å²) in [4.78, 5) is 17.8. The van der Waals surface area contributed by atoms with Gasteiger partial charge in [-0.1, -0.05) is 18.2 Å². The van der Waals surface area contributed by atoms with Crippen LogP contribution in [0.15, 0.2) is 42.5 Å². The molecule has 2 aromatic rings. The van der Waals surface area contributed by atoms with Crippen molar-refractivity contribution in [2.45, 2.75) is 13.0 Å². The minimum atomic E-state index is -0.451. The van der Waals surface area contributed by atoms with Gasteiger partial charge in [0.1, 0.15) is 11.9 Å². The molecular weight excluding hydrogens is 285 g/mol. The van der Waals surface area contributed by atoms with Crippen LogP contribution in [0.5, 0.6) is 5.88 Å². The molecule has 0 bridgehead atoms. The van der Waals surface area contributed by atoms with E-state index < -0.39 is 5.82 Å². The second kappa shape index (κ2) is 6.01. The number of hydrogen-bond acceptors (Lipinski definition) is 3. The minimum absolute atomic E-state index is 0.0827. The predicted molar refractivity (Wildman–Crippen MR) is 80.4 cm³/mol. The molecule has 114 valence electrons. The van der Waals surface area contributed by atoms with Gasteiger partial charge in [0, 0.05) is 11.8 Å². The highest BCUT2D eigenvalue weighted by Crippen LogP contribution is 2.19. The number of aryl methyl sites for hydroxylation is 1. The van der Waals surface area contributed by atoms with Crippen molar-refractivity contribution in [1.82, 2.24) is 9.88 Å². The Kier molecular flexibility index (Phi) is 3.91. The molecule has 0 spiro atoms. The number of benzene rings is 1. The zero-order valence-electron chi connectivity index (χ0n) is 12.1. The Bertz CT molecular complexity index is 687. The van der Waals surface area contributed by atoms with Crippen LogP contribution in [0.1, 0.15) is 5.69 Å². The van der Waals surface area contributed by atoms with E-state index in [9.17, 15) is 9.18 Å². The van der Waals surface area contributed by atoms with Gasteiger partial charge in [0.05, 0.1) is 18.8 Å². The average Bonchev–Trinajstić information content (AvgIpc) is 2.45. The maximum atomic E-state index is 13.5. The molecule has 1 saturated heterocycles. The number of pyridine rings is 1. The van der Waals surface area contributed by atoms with Gasteiger partial charge in [-0.05, 0) is 25.1 Å². The second-order valence-corrected chi connectivity index (χ2v) is 5.17. The van der Waals surface area contributed by atoms with Crippen LogP contribution in [0, 0.1) is 12.7 Å². The van der Waals surface area contributed by atoms with Gasteiger partial charge in [-0.15, -0.1) is 0 Å². The number of anilines is 1.